The van der Waals surface area contributed by atoms with E-state index in [9.17, 15) is 4.79 Å². The van der Waals surface area contributed by atoms with E-state index < -0.39 is 0 Å². The summed E-state index contributed by atoms with van der Waals surface area (Å²) in [6.45, 7) is 3.71. The van der Waals surface area contributed by atoms with E-state index in [1.165, 1.54) is 18.2 Å². The number of aromatic nitrogens is 1. The van der Waals surface area contributed by atoms with Crippen LogP contribution in [0, 0.1) is 0 Å². The fourth-order valence-corrected chi connectivity index (χ4v) is 3.00. The zero-order chi connectivity index (χ0) is 13.0. The fraction of sp³-hybridized carbons (Fsp3) is 0.538. The molecule has 0 aliphatic carbocycles. The third-order valence-corrected chi connectivity index (χ3v) is 4.22. The highest BCUT2D eigenvalue weighted by atomic mass is 32.2. The molecule has 1 aliphatic heterocycles. The highest BCUT2D eigenvalue weighted by Crippen LogP contribution is 2.27. The summed E-state index contributed by atoms with van der Waals surface area (Å²) < 4.78 is 0. The second-order valence-corrected chi connectivity index (χ2v) is 5.87. The lowest BCUT2D eigenvalue weighted by Crippen LogP contribution is -2.40. The summed E-state index contributed by atoms with van der Waals surface area (Å²) in [5, 5.41) is 0.621. The lowest BCUT2D eigenvalue weighted by molar-refractivity contribution is -0.131. The number of hydrogen-bond acceptors (Lipinski definition) is 4. The number of carbonyl (C=O) groups excluding carboxylic acids is 1. The maximum Gasteiger partial charge on any atom is 0.235 e. The van der Waals surface area contributed by atoms with Crippen LogP contribution in [-0.2, 0) is 4.79 Å². The highest BCUT2D eigenvalue weighted by Gasteiger charge is 2.23. The van der Waals surface area contributed by atoms with E-state index in [0.29, 0.717) is 5.69 Å². The van der Waals surface area contributed by atoms with E-state index in [1.807, 2.05) is 17.9 Å². The number of pyridine rings is 1. The largest absolute Gasteiger partial charge is 0.397 e. The quantitative estimate of drug-likeness (QED) is 0.851. The van der Waals surface area contributed by atoms with Gasteiger partial charge in [-0.2, -0.15) is 0 Å². The van der Waals surface area contributed by atoms with Crippen LogP contribution in [0.2, 0.25) is 0 Å². The Kier molecular flexibility index (Phi) is 4.47. The average Bonchev–Trinajstić information content (AvgIpc) is 2.41. The molecule has 0 aromatic carbocycles. The zero-order valence-electron chi connectivity index (χ0n) is 10.6. The number of thioether (sulfide) groups is 1. The number of likely N-dealkylation sites (tertiary alicyclic amines) is 1. The van der Waals surface area contributed by atoms with Crippen LogP contribution in [0.15, 0.2) is 23.4 Å². The van der Waals surface area contributed by atoms with Gasteiger partial charge < -0.3 is 10.6 Å². The normalized spacial score (nSPS) is 17.5. The molecule has 98 valence electrons. The van der Waals surface area contributed by atoms with Gasteiger partial charge in [-0.15, -0.1) is 0 Å². The Morgan fingerprint density at radius 1 is 1.44 bits per heavy atom. The smallest absolute Gasteiger partial charge is 0.235 e. The number of amides is 1. The maximum absolute atomic E-state index is 12.3. The first-order valence-corrected chi connectivity index (χ1v) is 7.22. The average molecular weight is 265 g/mol. The maximum atomic E-state index is 12.3. The number of piperidine rings is 1. The van der Waals surface area contributed by atoms with Crippen LogP contribution in [-0.4, -0.2) is 34.1 Å². The van der Waals surface area contributed by atoms with E-state index in [1.54, 1.807) is 12.3 Å². The minimum atomic E-state index is -0.125. The number of rotatable bonds is 3. The summed E-state index contributed by atoms with van der Waals surface area (Å²) >= 11 is 1.44. The van der Waals surface area contributed by atoms with E-state index in [2.05, 4.69) is 4.98 Å². The van der Waals surface area contributed by atoms with Gasteiger partial charge in [0.2, 0.25) is 5.91 Å². The predicted molar refractivity (Wildman–Crippen MR) is 74.4 cm³/mol. The molecule has 1 saturated heterocycles. The molecule has 2 N–H and O–H groups in total. The van der Waals surface area contributed by atoms with E-state index in [0.717, 1.165) is 31.0 Å². The Morgan fingerprint density at radius 3 is 2.83 bits per heavy atom. The third kappa shape index (κ3) is 3.16. The predicted octanol–water partition coefficient (Wildman–Crippen LogP) is 2.16. The van der Waals surface area contributed by atoms with Gasteiger partial charge >= 0.3 is 0 Å². The van der Waals surface area contributed by atoms with Crippen molar-refractivity contribution in [3.05, 3.63) is 18.3 Å². The van der Waals surface area contributed by atoms with E-state index >= 15 is 0 Å². The van der Waals surface area contributed by atoms with Crippen molar-refractivity contribution in [2.24, 2.45) is 0 Å². The first-order valence-electron chi connectivity index (χ1n) is 6.34. The molecule has 1 aromatic rings. The van der Waals surface area contributed by atoms with Gasteiger partial charge in [0.15, 0.2) is 0 Å². The molecule has 1 unspecified atom stereocenters. The summed E-state index contributed by atoms with van der Waals surface area (Å²) in [7, 11) is 0. The molecule has 2 heterocycles. The fourth-order valence-electron chi connectivity index (χ4n) is 2.09. The van der Waals surface area contributed by atoms with Crippen molar-refractivity contribution in [3.8, 4) is 0 Å². The van der Waals surface area contributed by atoms with Crippen LogP contribution in [0.5, 0.6) is 0 Å². The second kappa shape index (κ2) is 6.09. The van der Waals surface area contributed by atoms with Gasteiger partial charge in [-0.3, -0.25) is 4.79 Å². The summed E-state index contributed by atoms with van der Waals surface area (Å²) in [5.41, 5.74) is 6.48. The number of carbonyl (C=O) groups is 1. The number of hydrogen-bond donors (Lipinski definition) is 1. The Morgan fingerprint density at radius 2 is 2.17 bits per heavy atom. The first-order chi connectivity index (χ1) is 8.68. The number of anilines is 1. The topological polar surface area (TPSA) is 59.2 Å². The Balaban J connectivity index is 1.96. The second-order valence-electron chi connectivity index (χ2n) is 4.54. The molecule has 18 heavy (non-hydrogen) atoms. The summed E-state index contributed by atoms with van der Waals surface area (Å²) in [6, 6.07) is 3.62. The minimum Gasteiger partial charge on any atom is -0.397 e. The van der Waals surface area contributed by atoms with Crippen molar-refractivity contribution in [1.29, 1.82) is 0 Å². The summed E-state index contributed by atoms with van der Waals surface area (Å²) in [4.78, 5) is 18.4. The van der Waals surface area contributed by atoms with Crippen LogP contribution in [0.4, 0.5) is 5.69 Å². The van der Waals surface area contributed by atoms with Gasteiger partial charge in [-0.1, -0.05) is 11.8 Å². The molecule has 1 fully saturated rings. The van der Waals surface area contributed by atoms with Gasteiger partial charge in [0.05, 0.1) is 10.9 Å². The molecule has 0 bridgehead atoms. The van der Waals surface area contributed by atoms with Crippen molar-refractivity contribution in [2.45, 2.75) is 36.5 Å². The number of nitrogen functional groups attached to an aromatic ring is 1. The molecule has 5 heteroatoms. The van der Waals surface area contributed by atoms with Crippen LogP contribution in [0.3, 0.4) is 0 Å². The Bertz CT molecular complexity index is 418. The van der Waals surface area contributed by atoms with Gasteiger partial charge in [-0.05, 0) is 38.3 Å². The molecule has 1 atom stereocenters. The van der Waals surface area contributed by atoms with Gasteiger partial charge in [0, 0.05) is 19.3 Å². The monoisotopic (exact) mass is 265 g/mol. The Hall–Kier alpha value is -1.23. The standard InChI is InChI=1S/C13H19N3OS/c1-10(13(17)16-8-3-2-4-9-16)18-12-11(14)6-5-7-15-12/h5-7,10H,2-4,8-9,14H2,1H3. The molecule has 2 rings (SSSR count). The lowest BCUT2D eigenvalue weighted by atomic mass is 10.1. The van der Waals surface area contributed by atoms with Gasteiger partial charge in [-0.25, -0.2) is 4.98 Å². The van der Waals surface area contributed by atoms with Crippen molar-refractivity contribution < 1.29 is 4.79 Å². The van der Waals surface area contributed by atoms with Gasteiger partial charge in [0.25, 0.3) is 0 Å². The molecule has 0 saturated carbocycles. The third-order valence-electron chi connectivity index (χ3n) is 3.10. The molecule has 0 radical (unpaired) electrons. The van der Waals surface area contributed by atoms with E-state index in [4.69, 9.17) is 5.73 Å². The minimum absolute atomic E-state index is 0.125. The lowest BCUT2D eigenvalue weighted by Gasteiger charge is -2.29. The van der Waals surface area contributed by atoms with Crippen molar-refractivity contribution in [3.63, 3.8) is 0 Å². The highest BCUT2D eigenvalue weighted by molar-refractivity contribution is 8.00. The summed E-state index contributed by atoms with van der Waals surface area (Å²) in [5.74, 6) is 0.199. The molecular weight excluding hydrogens is 246 g/mol. The number of nitrogens with two attached hydrogens (primary N) is 1. The number of nitrogens with zero attached hydrogens (tertiary/aromatic N) is 2. The Labute approximate surface area is 112 Å². The zero-order valence-corrected chi connectivity index (χ0v) is 11.4. The van der Waals surface area contributed by atoms with Crippen LogP contribution in [0.25, 0.3) is 0 Å². The molecule has 4 nitrogen and oxygen atoms in total. The van der Waals surface area contributed by atoms with Gasteiger partial charge in [0.1, 0.15) is 5.03 Å². The van der Waals surface area contributed by atoms with Crippen molar-refractivity contribution in [1.82, 2.24) is 9.88 Å². The van der Waals surface area contributed by atoms with Crippen LogP contribution in [0.1, 0.15) is 26.2 Å². The first kappa shape index (κ1) is 13.2. The van der Waals surface area contributed by atoms with Crippen LogP contribution >= 0.6 is 11.8 Å². The molecular formula is C13H19N3OS. The molecule has 0 spiro atoms. The molecule has 1 aromatic heterocycles. The molecule has 1 aliphatic rings. The van der Waals surface area contributed by atoms with Crippen LogP contribution < -0.4 is 5.73 Å². The SMILES string of the molecule is CC(Sc1ncccc1N)C(=O)N1CCCCC1. The van der Waals surface area contributed by atoms with E-state index in [-0.39, 0.29) is 11.2 Å². The summed E-state index contributed by atoms with van der Waals surface area (Å²) in [6.07, 6.45) is 5.18. The van der Waals surface area contributed by atoms with Crippen molar-refractivity contribution in [2.75, 3.05) is 18.8 Å². The molecule has 1 amide bonds. The van der Waals surface area contributed by atoms with Crippen molar-refractivity contribution >= 4 is 23.4 Å².